The van der Waals surface area contributed by atoms with Crippen molar-refractivity contribution in [2.75, 3.05) is 46.9 Å². The van der Waals surface area contributed by atoms with Crippen molar-refractivity contribution in [1.82, 2.24) is 9.80 Å². The number of amides is 1. The first-order valence-electron chi connectivity index (χ1n) is 8.72. The Bertz CT molecular complexity index is 456. The number of ether oxygens (including phenoxy) is 1. The van der Waals surface area contributed by atoms with Crippen molar-refractivity contribution in [3.05, 3.63) is 35.9 Å². The number of likely N-dealkylation sites (N-methyl/N-ethyl adjacent to an activating group) is 1. The van der Waals surface area contributed by atoms with Crippen LogP contribution in [0.1, 0.15) is 24.8 Å². The number of nitrogens with zero attached hydrogens (tertiary/aromatic N) is 2. The van der Waals surface area contributed by atoms with E-state index in [4.69, 9.17) is 4.74 Å². The van der Waals surface area contributed by atoms with Crippen LogP contribution in [-0.2, 0) is 16.0 Å². The van der Waals surface area contributed by atoms with Crippen LogP contribution >= 0.6 is 0 Å². The van der Waals surface area contributed by atoms with E-state index in [1.54, 1.807) is 0 Å². The SMILES string of the molecule is CN(C)CCN(CCCc1ccccc1)C(=O)C1CCOCC1. The lowest BCUT2D eigenvalue weighted by Gasteiger charge is -2.30. The average Bonchev–Trinajstić information content (AvgIpc) is 2.59. The molecule has 0 N–H and O–H groups in total. The van der Waals surface area contributed by atoms with Crippen molar-refractivity contribution in [3.8, 4) is 0 Å². The standard InChI is InChI=1S/C19H30N2O2/c1-20(2)13-14-21(19(22)18-10-15-23-16-11-18)12-6-9-17-7-4-3-5-8-17/h3-5,7-8,18H,6,9-16H2,1-2H3. The third-order valence-electron chi connectivity index (χ3n) is 4.44. The number of rotatable bonds is 8. The quantitative estimate of drug-likeness (QED) is 0.738. The molecule has 1 aromatic carbocycles. The van der Waals surface area contributed by atoms with Gasteiger partial charge < -0.3 is 14.5 Å². The largest absolute Gasteiger partial charge is 0.381 e. The zero-order chi connectivity index (χ0) is 16.5. The first kappa shape index (κ1) is 18.0. The van der Waals surface area contributed by atoms with Crippen LogP contribution in [0.3, 0.4) is 0 Å². The van der Waals surface area contributed by atoms with Gasteiger partial charge in [0.2, 0.25) is 5.91 Å². The summed E-state index contributed by atoms with van der Waals surface area (Å²) in [6.07, 6.45) is 3.79. The first-order valence-corrected chi connectivity index (χ1v) is 8.72. The molecule has 0 atom stereocenters. The molecule has 0 spiro atoms. The number of hydrogen-bond acceptors (Lipinski definition) is 3. The van der Waals surface area contributed by atoms with Crippen molar-refractivity contribution in [3.63, 3.8) is 0 Å². The molecule has 0 bridgehead atoms. The van der Waals surface area contributed by atoms with E-state index >= 15 is 0 Å². The summed E-state index contributed by atoms with van der Waals surface area (Å²) in [6.45, 7) is 4.03. The topological polar surface area (TPSA) is 32.8 Å². The lowest BCUT2D eigenvalue weighted by Crippen LogP contribution is -2.42. The summed E-state index contributed by atoms with van der Waals surface area (Å²) >= 11 is 0. The van der Waals surface area contributed by atoms with Gasteiger partial charge in [0.25, 0.3) is 0 Å². The van der Waals surface area contributed by atoms with Crippen LogP contribution in [0.15, 0.2) is 30.3 Å². The second-order valence-corrected chi connectivity index (χ2v) is 6.60. The van der Waals surface area contributed by atoms with Crippen molar-refractivity contribution in [2.24, 2.45) is 5.92 Å². The molecule has 2 rings (SSSR count). The summed E-state index contributed by atoms with van der Waals surface area (Å²) in [4.78, 5) is 17.0. The normalized spacial score (nSPS) is 15.8. The van der Waals surface area contributed by atoms with Gasteiger partial charge in [-0.15, -0.1) is 0 Å². The molecule has 4 nitrogen and oxygen atoms in total. The Hall–Kier alpha value is -1.39. The minimum absolute atomic E-state index is 0.155. The van der Waals surface area contributed by atoms with Gasteiger partial charge in [0, 0.05) is 38.8 Å². The van der Waals surface area contributed by atoms with E-state index in [1.165, 1.54) is 5.56 Å². The number of aryl methyl sites for hydroxylation is 1. The molecule has 1 saturated heterocycles. The minimum atomic E-state index is 0.155. The van der Waals surface area contributed by atoms with Crippen LogP contribution in [-0.4, -0.2) is 62.7 Å². The maximum absolute atomic E-state index is 12.8. The second kappa shape index (κ2) is 9.68. The van der Waals surface area contributed by atoms with Gasteiger partial charge in [0.15, 0.2) is 0 Å². The maximum atomic E-state index is 12.8. The van der Waals surface area contributed by atoms with E-state index in [2.05, 4.69) is 48.2 Å². The molecule has 0 aliphatic carbocycles. The molecule has 1 heterocycles. The first-order chi connectivity index (χ1) is 11.2. The molecule has 1 fully saturated rings. The maximum Gasteiger partial charge on any atom is 0.225 e. The molecule has 128 valence electrons. The van der Waals surface area contributed by atoms with E-state index in [1.807, 2.05) is 6.07 Å². The number of benzene rings is 1. The highest BCUT2D eigenvalue weighted by molar-refractivity contribution is 5.79. The molecule has 1 aromatic rings. The summed E-state index contributed by atoms with van der Waals surface area (Å²) in [6, 6.07) is 10.5. The van der Waals surface area contributed by atoms with Crippen molar-refractivity contribution in [2.45, 2.75) is 25.7 Å². The zero-order valence-electron chi connectivity index (χ0n) is 14.5. The molecule has 0 radical (unpaired) electrons. The fraction of sp³-hybridized carbons (Fsp3) is 0.632. The Labute approximate surface area is 140 Å². The van der Waals surface area contributed by atoms with E-state index in [0.29, 0.717) is 5.91 Å². The molecule has 1 amide bonds. The van der Waals surface area contributed by atoms with E-state index in [0.717, 1.165) is 58.5 Å². The minimum Gasteiger partial charge on any atom is -0.381 e. The van der Waals surface area contributed by atoms with E-state index in [9.17, 15) is 4.79 Å². The van der Waals surface area contributed by atoms with Gasteiger partial charge in [-0.05, 0) is 45.3 Å². The molecular formula is C19H30N2O2. The molecule has 0 unspecified atom stereocenters. The molecule has 0 saturated carbocycles. The Morgan fingerprint density at radius 2 is 1.78 bits per heavy atom. The Morgan fingerprint density at radius 1 is 1.09 bits per heavy atom. The Kier molecular flexibility index (Phi) is 7.56. The summed E-state index contributed by atoms with van der Waals surface area (Å²) in [7, 11) is 4.11. The molecule has 4 heteroatoms. The molecule has 1 aliphatic heterocycles. The monoisotopic (exact) mass is 318 g/mol. The van der Waals surface area contributed by atoms with Crippen LogP contribution in [0, 0.1) is 5.92 Å². The number of carbonyl (C=O) groups excluding carboxylic acids is 1. The van der Waals surface area contributed by atoms with Gasteiger partial charge >= 0.3 is 0 Å². The summed E-state index contributed by atoms with van der Waals surface area (Å²) in [5, 5.41) is 0. The molecular weight excluding hydrogens is 288 g/mol. The highest BCUT2D eigenvalue weighted by Crippen LogP contribution is 2.18. The van der Waals surface area contributed by atoms with Gasteiger partial charge in [0.1, 0.15) is 0 Å². The van der Waals surface area contributed by atoms with Gasteiger partial charge in [-0.1, -0.05) is 30.3 Å². The Balaban J connectivity index is 1.86. The van der Waals surface area contributed by atoms with Gasteiger partial charge in [-0.3, -0.25) is 4.79 Å². The predicted octanol–water partition coefficient (Wildman–Crippen LogP) is 2.44. The third kappa shape index (κ3) is 6.32. The average molecular weight is 318 g/mol. The molecule has 0 aromatic heterocycles. The number of hydrogen-bond donors (Lipinski definition) is 0. The third-order valence-corrected chi connectivity index (χ3v) is 4.44. The van der Waals surface area contributed by atoms with Crippen LogP contribution in [0.5, 0.6) is 0 Å². The zero-order valence-corrected chi connectivity index (χ0v) is 14.5. The van der Waals surface area contributed by atoms with Crippen molar-refractivity contribution < 1.29 is 9.53 Å². The summed E-state index contributed by atoms with van der Waals surface area (Å²) < 4.78 is 5.39. The lowest BCUT2D eigenvalue weighted by atomic mass is 9.98. The highest BCUT2D eigenvalue weighted by atomic mass is 16.5. The van der Waals surface area contributed by atoms with Crippen molar-refractivity contribution >= 4 is 5.91 Å². The van der Waals surface area contributed by atoms with Gasteiger partial charge in [-0.25, -0.2) is 0 Å². The molecule has 1 aliphatic rings. The lowest BCUT2D eigenvalue weighted by molar-refractivity contribution is -0.138. The van der Waals surface area contributed by atoms with Crippen LogP contribution in [0.25, 0.3) is 0 Å². The number of carbonyl (C=O) groups is 1. The van der Waals surface area contributed by atoms with E-state index in [-0.39, 0.29) is 5.92 Å². The Morgan fingerprint density at radius 3 is 2.43 bits per heavy atom. The molecule has 23 heavy (non-hydrogen) atoms. The predicted molar refractivity (Wildman–Crippen MR) is 93.4 cm³/mol. The van der Waals surface area contributed by atoms with Crippen molar-refractivity contribution in [1.29, 1.82) is 0 Å². The van der Waals surface area contributed by atoms with Gasteiger partial charge in [0.05, 0.1) is 0 Å². The van der Waals surface area contributed by atoms with Crippen LogP contribution in [0.4, 0.5) is 0 Å². The fourth-order valence-electron chi connectivity index (χ4n) is 2.97. The summed E-state index contributed by atoms with van der Waals surface area (Å²) in [5.41, 5.74) is 1.35. The van der Waals surface area contributed by atoms with Gasteiger partial charge in [-0.2, -0.15) is 0 Å². The summed E-state index contributed by atoms with van der Waals surface area (Å²) in [5.74, 6) is 0.478. The van der Waals surface area contributed by atoms with Crippen LogP contribution < -0.4 is 0 Å². The van der Waals surface area contributed by atoms with E-state index < -0.39 is 0 Å². The smallest absolute Gasteiger partial charge is 0.225 e. The fourth-order valence-corrected chi connectivity index (χ4v) is 2.97. The highest BCUT2D eigenvalue weighted by Gasteiger charge is 2.26. The second-order valence-electron chi connectivity index (χ2n) is 6.60. The van der Waals surface area contributed by atoms with Crippen LogP contribution in [0.2, 0.25) is 0 Å².